The van der Waals surface area contributed by atoms with Crippen LogP contribution in [0.25, 0.3) is 0 Å². The SMILES string of the molecule is Cl.N#Cc1cc(F)c(Cl)cc1O[C@H](CCN)c1nccs1. The van der Waals surface area contributed by atoms with Crippen molar-refractivity contribution in [1.82, 2.24) is 4.98 Å². The average Bonchev–Trinajstić information content (AvgIpc) is 2.96. The summed E-state index contributed by atoms with van der Waals surface area (Å²) in [5.41, 5.74) is 5.65. The molecule has 1 aromatic heterocycles. The molecule has 0 spiro atoms. The molecule has 1 aromatic carbocycles. The first-order valence-corrected chi connectivity index (χ1v) is 7.06. The average molecular weight is 348 g/mol. The molecule has 0 saturated carbocycles. The zero-order valence-corrected chi connectivity index (χ0v) is 13.1. The van der Waals surface area contributed by atoms with E-state index in [1.165, 1.54) is 17.4 Å². The number of benzene rings is 1. The van der Waals surface area contributed by atoms with E-state index < -0.39 is 5.82 Å². The number of rotatable bonds is 5. The quantitative estimate of drug-likeness (QED) is 0.894. The van der Waals surface area contributed by atoms with Crippen LogP contribution in [0.3, 0.4) is 0 Å². The van der Waals surface area contributed by atoms with E-state index in [1.54, 1.807) is 6.20 Å². The molecular formula is C13H12Cl2FN3OS. The van der Waals surface area contributed by atoms with Gasteiger partial charge in [-0.15, -0.1) is 23.7 Å². The Morgan fingerprint density at radius 1 is 1.52 bits per heavy atom. The fraction of sp³-hybridized carbons (Fsp3) is 0.231. The highest BCUT2D eigenvalue weighted by molar-refractivity contribution is 7.09. The highest BCUT2D eigenvalue weighted by atomic mass is 35.5. The molecule has 0 aliphatic rings. The summed E-state index contributed by atoms with van der Waals surface area (Å²) in [5, 5.41) is 11.5. The molecule has 2 N–H and O–H groups in total. The van der Waals surface area contributed by atoms with Crippen LogP contribution in [0.2, 0.25) is 5.02 Å². The van der Waals surface area contributed by atoms with Crippen LogP contribution in [0, 0.1) is 17.1 Å². The predicted molar refractivity (Wildman–Crippen MR) is 82.5 cm³/mol. The van der Waals surface area contributed by atoms with E-state index in [-0.39, 0.29) is 34.8 Å². The lowest BCUT2D eigenvalue weighted by Crippen LogP contribution is -2.13. The third-order valence-corrected chi connectivity index (χ3v) is 3.73. The van der Waals surface area contributed by atoms with Gasteiger partial charge in [0.2, 0.25) is 0 Å². The summed E-state index contributed by atoms with van der Waals surface area (Å²) in [6, 6.07) is 4.24. The van der Waals surface area contributed by atoms with Crippen molar-refractivity contribution in [2.75, 3.05) is 6.54 Å². The molecule has 8 heteroatoms. The lowest BCUT2D eigenvalue weighted by Gasteiger charge is -2.17. The Kier molecular flexibility index (Phi) is 6.85. The number of nitrogens with two attached hydrogens (primary N) is 1. The van der Waals surface area contributed by atoms with Gasteiger partial charge in [0.25, 0.3) is 0 Å². The third-order valence-electron chi connectivity index (χ3n) is 2.57. The summed E-state index contributed by atoms with van der Waals surface area (Å²) in [6.45, 7) is 0.404. The maximum absolute atomic E-state index is 13.3. The fourth-order valence-electron chi connectivity index (χ4n) is 1.64. The van der Waals surface area contributed by atoms with E-state index in [1.807, 2.05) is 11.4 Å². The Morgan fingerprint density at radius 2 is 2.29 bits per heavy atom. The van der Waals surface area contributed by atoms with Gasteiger partial charge in [-0.25, -0.2) is 9.37 Å². The summed E-state index contributed by atoms with van der Waals surface area (Å²) in [5.74, 6) is -0.423. The number of nitriles is 1. The molecular weight excluding hydrogens is 336 g/mol. The van der Waals surface area contributed by atoms with Crippen molar-refractivity contribution in [3.05, 3.63) is 45.1 Å². The first-order chi connectivity index (χ1) is 9.65. The monoisotopic (exact) mass is 347 g/mol. The van der Waals surface area contributed by atoms with E-state index in [4.69, 9.17) is 27.3 Å². The molecule has 0 bridgehead atoms. The van der Waals surface area contributed by atoms with Crippen LogP contribution in [0.15, 0.2) is 23.7 Å². The van der Waals surface area contributed by atoms with Gasteiger partial charge < -0.3 is 10.5 Å². The van der Waals surface area contributed by atoms with Crippen molar-refractivity contribution in [2.45, 2.75) is 12.5 Å². The molecule has 0 unspecified atom stereocenters. The standard InChI is InChI=1S/C13H11ClFN3OS.ClH/c14-9-6-12(8(7-17)5-10(9)15)19-11(1-2-16)13-18-3-4-20-13;/h3-6,11H,1-2,16H2;1H/t11-;/m1./s1. The maximum atomic E-state index is 13.3. The van der Waals surface area contributed by atoms with Crippen molar-refractivity contribution < 1.29 is 9.13 Å². The van der Waals surface area contributed by atoms with Crippen molar-refractivity contribution in [3.8, 4) is 11.8 Å². The van der Waals surface area contributed by atoms with Crippen LogP contribution in [-0.2, 0) is 0 Å². The molecule has 112 valence electrons. The number of halogens is 3. The summed E-state index contributed by atoms with van der Waals surface area (Å²) >= 11 is 7.16. The van der Waals surface area contributed by atoms with Gasteiger partial charge in [-0.2, -0.15) is 5.26 Å². The topological polar surface area (TPSA) is 71.9 Å². The Hall–Kier alpha value is -1.39. The number of thiazole rings is 1. The minimum atomic E-state index is -0.653. The lowest BCUT2D eigenvalue weighted by molar-refractivity contribution is 0.196. The lowest BCUT2D eigenvalue weighted by atomic mass is 10.2. The Labute approximate surface area is 136 Å². The molecule has 0 saturated heterocycles. The van der Waals surface area contributed by atoms with Gasteiger partial charge in [-0.3, -0.25) is 0 Å². The van der Waals surface area contributed by atoms with E-state index in [9.17, 15) is 4.39 Å². The Morgan fingerprint density at radius 3 is 2.86 bits per heavy atom. The van der Waals surface area contributed by atoms with Gasteiger partial charge in [-0.1, -0.05) is 11.6 Å². The van der Waals surface area contributed by atoms with E-state index in [0.717, 1.165) is 11.1 Å². The van der Waals surface area contributed by atoms with E-state index in [0.29, 0.717) is 13.0 Å². The van der Waals surface area contributed by atoms with Crippen molar-refractivity contribution >= 4 is 35.3 Å². The molecule has 1 heterocycles. The van der Waals surface area contributed by atoms with Gasteiger partial charge in [0.15, 0.2) is 6.10 Å². The second-order valence-electron chi connectivity index (χ2n) is 3.93. The van der Waals surface area contributed by atoms with Gasteiger partial charge in [-0.05, 0) is 12.6 Å². The predicted octanol–water partition coefficient (Wildman–Crippen LogP) is 3.70. The van der Waals surface area contributed by atoms with Crippen LogP contribution in [-0.4, -0.2) is 11.5 Å². The number of ether oxygens (including phenoxy) is 1. The summed E-state index contributed by atoms with van der Waals surface area (Å²) < 4.78 is 19.1. The molecule has 0 amide bonds. The fourth-order valence-corrected chi connectivity index (χ4v) is 2.50. The number of aromatic nitrogens is 1. The smallest absolute Gasteiger partial charge is 0.151 e. The molecule has 0 aliphatic carbocycles. The largest absolute Gasteiger partial charge is 0.482 e. The van der Waals surface area contributed by atoms with Crippen LogP contribution in [0.4, 0.5) is 4.39 Å². The van der Waals surface area contributed by atoms with E-state index >= 15 is 0 Å². The number of hydrogen-bond donors (Lipinski definition) is 1. The highest BCUT2D eigenvalue weighted by Crippen LogP contribution is 2.31. The maximum Gasteiger partial charge on any atom is 0.151 e. The Bertz CT molecular complexity index is 631. The molecule has 0 aliphatic heterocycles. The van der Waals surface area contributed by atoms with Crippen LogP contribution in [0.1, 0.15) is 23.1 Å². The normalized spacial score (nSPS) is 11.3. The van der Waals surface area contributed by atoms with Crippen LogP contribution >= 0.6 is 35.3 Å². The second kappa shape index (κ2) is 8.15. The second-order valence-corrected chi connectivity index (χ2v) is 5.26. The molecule has 2 aromatic rings. The van der Waals surface area contributed by atoms with Crippen LogP contribution < -0.4 is 10.5 Å². The Balaban J connectivity index is 0.00000220. The molecule has 0 radical (unpaired) electrons. The first-order valence-electron chi connectivity index (χ1n) is 5.81. The molecule has 1 atom stereocenters. The van der Waals surface area contributed by atoms with Crippen molar-refractivity contribution in [3.63, 3.8) is 0 Å². The van der Waals surface area contributed by atoms with Crippen LogP contribution in [0.5, 0.6) is 5.75 Å². The third kappa shape index (κ3) is 4.29. The van der Waals surface area contributed by atoms with Crippen molar-refractivity contribution in [2.24, 2.45) is 5.73 Å². The number of hydrogen-bond acceptors (Lipinski definition) is 5. The molecule has 21 heavy (non-hydrogen) atoms. The van der Waals surface area contributed by atoms with Gasteiger partial charge in [0, 0.05) is 24.1 Å². The van der Waals surface area contributed by atoms with E-state index in [2.05, 4.69) is 4.98 Å². The van der Waals surface area contributed by atoms with Gasteiger partial charge in [0.1, 0.15) is 22.6 Å². The summed E-state index contributed by atoms with van der Waals surface area (Å²) in [6.07, 6.45) is 1.82. The zero-order chi connectivity index (χ0) is 14.5. The number of nitrogens with zero attached hydrogens (tertiary/aromatic N) is 2. The van der Waals surface area contributed by atoms with Crippen molar-refractivity contribution in [1.29, 1.82) is 5.26 Å². The van der Waals surface area contributed by atoms with Gasteiger partial charge >= 0.3 is 0 Å². The molecule has 4 nitrogen and oxygen atoms in total. The summed E-state index contributed by atoms with van der Waals surface area (Å²) in [7, 11) is 0. The minimum absolute atomic E-state index is 0. The highest BCUT2D eigenvalue weighted by Gasteiger charge is 2.18. The first kappa shape index (κ1) is 17.7. The molecule has 0 fully saturated rings. The minimum Gasteiger partial charge on any atom is -0.482 e. The zero-order valence-electron chi connectivity index (χ0n) is 10.8. The van der Waals surface area contributed by atoms with Gasteiger partial charge in [0.05, 0.1) is 10.6 Å². The molecule has 2 rings (SSSR count). The summed E-state index contributed by atoms with van der Waals surface area (Å²) in [4.78, 5) is 4.17.